The van der Waals surface area contributed by atoms with Gasteiger partial charge >= 0.3 is 0 Å². The number of hydrogen-bond acceptors (Lipinski definition) is 4. The lowest BCUT2D eigenvalue weighted by Gasteiger charge is -2.33. The Kier molecular flexibility index (Phi) is 5.42. The molecule has 2 heterocycles. The van der Waals surface area contributed by atoms with Crippen LogP contribution in [0.5, 0.6) is 0 Å². The number of thiophene rings is 1. The Morgan fingerprint density at radius 3 is 2.84 bits per heavy atom. The van der Waals surface area contributed by atoms with Crippen LogP contribution in [0.4, 0.5) is 5.00 Å². The fourth-order valence-electron chi connectivity index (χ4n) is 2.85. The van der Waals surface area contributed by atoms with Gasteiger partial charge in [-0.3, -0.25) is 9.59 Å². The zero-order valence-corrected chi connectivity index (χ0v) is 15.7. The molecular formula is C18H20ClN3O2S. The standard InChI is InChI=1S/C18H20ClN3O2S/c1-11-9-15(21-17(23)13-5-3-4-6-14(13)19)25-16(11)18(24)22-8-7-20-10-12(22)2/h3-6,9,12,20H,7-8,10H2,1-2H3,(H,21,23)/t12-/m0/s1. The van der Waals surface area contributed by atoms with Gasteiger partial charge in [0.2, 0.25) is 0 Å². The number of benzene rings is 1. The van der Waals surface area contributed by atoms with E-state index in [0.717, 1.165) is 18.7 Å². The van der Waals surface area contributed by atoms with Crippen molar-refractivity contribution in [2.75, 3.05) is 25.0 Å². The van der Waals surface area contributed by atoms with Crippen LogP contribution in [0.25, 0.3) is 0 Å². The molecule has 3 rings (SSSR count). The molecule has 2 amide bonds. The van der Waals surface area contributed by atoms with Gasteiger partial charge in [-0.05, 0) is 37.6 Å². The van der Waals surface area contributed by atoms with Crippen molar-refractivity contribution in [2.45, 2.75) is 19.9 Å². The molecule has 1 aliphatic rings. The van der Waals surface area contributed by atoms with Gasteiger partial charge < -0.3 is 15.5 Å². The lowest BCUT2D eigenvalue weighted by molar-refractivity contribution is 0.0660. The maximum absolute atomic E-state index is 12.8. The van der Waals surface area contributed by atoms with E-state index in [2.05, 4.69) is 10.6 Å². The van der Waals surface area contributed by atoms with Crippen molar-refractivity contribution in [2.24, 2.45) is 0 Å². The molecule has 1 atom stereocenters. The molecule has 0 spiro atoms. The number of amides is 2. The van der Waals surface area contributed by atoms with Crippen molar-refractivity contribution in [3.63, 3.8) is 0 Å². The third kappa shape index (κ3) is 3.86. The molecule has 2 aromatic rings. The Hall–Kier alpha value is -1.89. The minimum Gasteiger partial charge on any atom is -0.333 e. The lowest BCUT2D eigenvalue weighted by atomic mass is 10.2. The average molecular weight is 378 g/mol. The van der Waals surface area contributed by atoms with E-state index < -0.39 is 0 Å². The number of rotatable bonds is 3. The van der Waals surface area contributed by atoms with Crippen molar-refractivity contribution >= 4 is 39.8 Å². The van der Waals surface area contributed by atoms with Crippen LogP contribution in [-0.4, -0.2) is 42.4 Å². The van der Waals surface area contributed by atoms with E-state index in [1.165, 1.54) is 11.3 Å². The summed E-state index contributed by atoms with van der Waals surface area (Å²) in [6.07, 6.45) is 0. The van der Waals surface area contributed by atoms with Crippen molar-refractivity contribution in [1.29, 1.82) is 0 Å². The molecule has 1 aliphatic heterocycles. The third-order valence-electron chi connectivity index (χ3n) is 4.23. The van der Waals surface area contributed by atoms with Gasteiger partial charge in [0, 0.05) is 25.7 Å². The first-order valence-electron chi connectivity index (χ1n) is 8.15. The maximum atomic E-state index is 12.8. The summed E-state index contributed by atoms with van der Waals surface area (Å²) in [6.45, 7) is 6.22. The Morgan fingerprint density at radius 1 is 1.36 bits per heavy atom. The summed E-state index contributed by atoms with van der Waals surface area (Å²) in [4.78, 5) is 27.8. The number of nitrogens with zero attached hydrogens (tertiary/aromatic N) is 1. The van der Waals surface area contributed by atoms with Crippen LogP contribution in [0, 0.1) is 6.92 Å². The fourth-order valence-corrected chi connectivity index (χ4v) is 4.10. The van der Waals surface area contributed by atoms with Gasteiger partial charge in [0.15, 0.2) is 0 Å². The number of halogens is 1. The molecule has 7 heteroatoms. The predicted molar refractivity (Wildman–Crippen MR) is 102 cm³/mol. The molecule has 0 aliphatic carbocycles. The largest absolute Gasteiger partial charge is 0.333 e. The van der Waals surface area contributed by atoms with Gasteiger partial charge in [-0.2, -0.15) is 0 Å². The minimum absolute atomic E-state index is 0.0229. The highest BCUT2D eigenvalue weighted by Crippen LogP contribution is 2.29. The summed E-state index contributed by atoms with van der Waals surface area (Å²) in [5.41, 5.74) is 1.29. The zero-order chi connectivity index (χ0) is 18.0. The molecule has 1 fully saturated rings. The molecule has 25 heavy (non-hydrogen) atoms. The molecule has 132 valence electrons. The first kappa shape index (κ1) is 17.9. The first-order chi connectivity index (χ1) is 12.0. The fraction of sp³-hybridized carbons (Fsp3) is 0.333. The van der Waals surface area contributed by atoms with E-state index >= 15 is 0 Å². The topological polar surface area (TPSA) is 61.4 Å². The summed E-state index contributed by atoms with van der Waals surface area (Å²) < 4.78 is 0. The summed E-state index contributed by atoms with van der Waals surface area (Å²) in [5.74, 6) is -0.254. The lowest BCUT2D eigenvalue weighted by Crippen LogP contribution is -2.52. The second-order valence-corrected chi connectivity index (χ2v) is 7.57. The van der Waals surface area contributed by atoms with E-state index in [-0.39, 0.29) is 17.9 Å². The van der Waals surface area contributed by atoms with Gasteiger partial charge in [-0.15, -0.1) is 11.3 Å². The highest BCUT2D eigenvalue weighted by molar-refractivity contribution is 7.18. The molecule has 1 aromatic carbocycles. The number of piperazine rings is 1. The molecule has 2 N–H and O–H groups in total. The molecule has 1 aromatic heterocycles. The summed E-state index contributed by atoms with van der Waals surface area (Å²) in [6, 6.07) is 8.88. The Morgan fingerprint density at radius 2 is 2.12 bits per heavy atom. The van der Waals surface area contributed by atoms with Crippen molar-refractivity contribution in [3.05, 3.63) is 51.4 Å². The monoisotopic (exact) mass is 377 g/mol. The van der Waals surface area contributed by atoms with Crippen LogP contribution in [0.15, 0.2) is 30.3 Å². The van der Waals surface area contributed by atoms with E-state index in [9.17, 15) is 9.59 Å². The zero-order valence-electron chi connectivity index (χ0n) is 14.1. The SMILES string of the molecule is Cc1cc(NC(=O)c2ccccc2Cl)sc1C(=O)N1CCNC[C@@H]1C. The predicted octanol–water partition coefficient (Wildman–Crippen LogP) is 3.40. The van der Waals surface area contributed by atoms with Crippen molar-refractivity contribution in [1.82, 2.24) is 10.2 Å². The van der Waals surface area contributed by atoms with Gasteiger partial charge in [0.25, 0.3) is 11.8 Å². The van der Waals surface area contributed by atoms with E-state index in [1.807, 2.05) is 24.8 Å². The Balaban J connectivity index is 1.77. The van der Waals surface area contributed by atoms with Crippen LogP contribution in [0.2, 0.25) is 5.02 Å². The van der Waals surface area contributed by atoms with Crippen molar-refractivity contribution in [3.8, 4) is 0 Å². The van der Waals surface area contributed by atoms with E-state index in [4.69, 9.17) is 11.6 Å². The van der Waals surface area contributed by atoms with E-state index in [0.29, 0.717) is 27.0 Å². The molecule has 0 unspecified atom stereocenters. The van der Waals surface area contributed by atoms with Gasteiger partial charge in [-0.25, -0.2) is 0 Å². The number of anilines is 1. The molecule has 0 bridgehead atoms. The maximum Gasteiger partial charge on any atom is 0.264 e. The number of hydrogen-bond donors (Lipinski definition) is 2. The quantitative estimate of drug-likeness (QED) is 0.861. The summed E-state index contributed by atoms with van der Waals surface area (Å²) >= 11 is 7.37. The molecule has 0 saturated carbocycles. The Bertz CT molecular complexity index is 805. The molecule has 0 radical (unpaired) electrons. The summed E-state index contributed by atoms with van der Waals surface area (Å²) in [5, 5.41) is 7.17. The smallest absolute Gasteiger partial charge is 0.264 e. The van der Waals surface area contributed by atoms with Crippen molar-refractivity contribution < 1.29 is 9.59 Å². The Labute approximate surface area is 156 Å². The van der Waals surface area contributed by atoms with Crippen LogP contribution in [-0.2, 0) is 0 Å². The summed E-state index contributed by atoms with van der Waals surface area (Å²) in [7, 11) is 0. The number of carbonyl (C=O) groups excluding carboxylic acids is 2. The average Bonchev–Trinajstić information content (AvgIpc) is 2.95. The number of aryl methyl sites for hydroxylation is 1. The van der Waals surface area contributed by atoms with Gasteiger partial charge in [0.05, 0.1) is 20.5 Å². The van der Waals surface area contributed by atoms with Crippen LogP contribution in [0.1, 0.15) is 32.5 Å². The number of nitrogens with one attached hydrogen (secondary N) is 2. The second-order valence-electron chi connectivity index (χ2n) is 6.11. The first-order valence-corrected chi connectivity index (χ1v) is 9.35. The van der Waals surface area contributed by atoms with Gasteiger partial charge in [-0.1, -0.05) is 23.7 Å². The molecule has 1 saturated heterocycles. The molecular weight excluding hydrogens is 358 g/mol. The minimum atomic E-state index is -0.276. The van der Waals surface area contributed by atoms with Crippen LogP contribution >= 0.6 is 22.9 Å². The van der Waals surface area contributed by atoms with Crippen LogP contribution in [0.3, 0.4) is 0 Å². The van der Waals surface area contributed by atoms with Crippen LogP contribution < -0.4 is 10.6 Å². The van der Waals surface area contributed by atoms with Gasteiger partial charge in [0.1, 0.15) is 0 Å². The molecule has 5 nitrogen and oxygen atoms in total. The number of carbonyl (C=O) groups is 2. The third-order valence-corrected chi connectivity index (χ3v) is 5.70. The normalized spacial score (nSPS) is 17.4. The van der Waals surface area contributed by atoms with E-state index in [1.54, 1.807) is 24.3 Å². The highest BCUT2D eigenvalue weighted by Gasteiger charge is 2.26. The highest BCUT2D eigenvalue weighted by atomic mass is 35.5. The second kappa shape index (κ2) is 7.56.